The summed E-state index contributed by atoms with van der Waals surface area (Å²) in [5.74, 6) is 0.501. The number of hydrogen-bond acceptors (Lipinski definition) is 6. The normalized spacial score (nSPS) is 12.3. The van der Waals surface area contributed by atoms with Crippen molar-refractivity contribution in [2.75, 3.05) is 18.5 Å². The number of rotatable bonds is 10. The number of nitro benzene ring substituents is 1. The fourth-order valence-electron chi connectivity index (χ4n) is 3.41. The molecule has 1 aromatic heterocycles. The molecule has 1 N–H and O–H groups in total. The number of nitrogens with zero attached hydrogens (tertiary/aromatic N) is 4. The first-order valence-corrected chi connectivity index (χ1v) is 11.7. The van der Waals surface area contributed by atoms with E-state index in [1.165, 1.54) is 16.4 Å². The summed E-state index contributed by atoms with van der Waals surface area (Å²) in [4.78, 5) is 10.8. The molecule has 0 saturated heterocycles. The second-order valence-corrected chi connectivity index (χ2v) is 9.66. The van der Waals surface area contributed by atoms with Crippen LogP contribution in [0.5, 0.6) is 0 Å². The van der Waals surface area contributed by atoms with Gasteiger partial charge in [0.25, 0.3) is 5.69 Å². The van der Waals surface area contributed by atoms with Gasteiger partial charge < -0.3 is 4.57 Å². The van der Waals surface area contributed by atoms with Crippen molar-refractivity contribution in [2.45, 2.75) is 53.0 Å². The maximum Gasteiger partial charge on any atom is 0.295 e. The molecule has 0 radical (unpaired) electrons. The lowest BCUT2D eigenvalue weighted by atomic mass is 10.2. The molecule has 0 fully saturated rings. The van der Waals surface area contributed by atoms with Gasteiger partial charge in [-0.25, -0.2) is 8.42 Å². The predicted molar refractivity (Wildman–Crippen MR) is 123 cm³/mol. The Kier molecular flexibility index (Phi) is 7.96. The SMILES string of the molecule is CCN(CC)S(=O)(=O)c1ccc(NN=Cc2cc(C)n(CC(C)C)c2C)c([N+](=O)[O-])c1. The average molecular weight is 450 g/mol. The van der Waals surface area contributed by atoms with Crippen molar-refractivity contribution in [3.8, 4) is 0 Å². The lowest BCUT2D eigenvalue weighted by Crippen LogP contribution is -2.30. The lowest BCUT2D eigenvalue weighted by Gasteiger charge is -2.18. The molecule has 0 amide bonds. The van der Waals surface area contributed by atoms with Crippen LogP contribution < -0.4 is 5.43 Å². The molecule has 0 spiro atoms. The first kappa shape index (κ1) is 24.5. The van der Waals surface area contributed by atoms with Crippen LogP contribution in [0.3, 0.4) is 0 Å². The molecule has 2 rings (SSSR count). The van der Waals surface area contributed by atoms with Crippen LogP contribution in [0, 0.1) is 29.9 Å². The topological polar surface area (TPSA) is 110 Å². The number of nitrogens with one attached hydrogen (secondary N) is 1. The van der Waals surface area contributed by atoms with Gasteiger partial charge in [-0.15, -0.1) is 0 Å². The van der Waals surface area contributed by atoms with Crippen molar-refractivity contribution in [1.29, 1.82) is 0 Å². The highest BCUT2D eigenvalue weighted by atomic mass is 32.2. The summed E-state index contributed by atoms with van der Waals surface area (Å²) >= 11 is 0. The van der Waals surface area contributed by atoms with E-state index in [0.717, 1.165) is 29.6 Å². The van der Waals surface area contributed by atoms with Crippen LogP contribution in [0.4, 0.5) is 11.4 Å². The van der Waals surface area contributed by atoms with Gasteiger partial charge in [-0.2, -0.15) is 9.41 Å². The minimum Gasteiger partial charge on any atom is -0.348 e. The fraction of sp³-hybridized carbons (Fsp3) is 0.476. The van der Waals surface area contributed by atoms with Crippen LogP contribution >= 0.6 is 0 Å². The first-order valence-electron chi connectivity index (χ1n) is 10.3. The number of hydrogen-bond donors (Lipinski definition) is 1. The molecule has 31 heavy (non-hydrogen) atoms. The smallest absolute Gasteiger partial charge is 0.295 e. The third-order valence-electron chi connectivity index (χ3n) is 5.06. The lowest BCUT2D eigenvalue weighted by molar-refractivity contribution is -0.384. The van der Waals surface area contributed by atoms with Gasteiger partial charge in [0.15, 0.2) is 0 Å². The van der Waals surface area contributed by atoms with Gasteiger partial charge >= 0.3 is 0 Å². The minimum absolute atomic E-state index is 0.116. The molecule has 0 aliphatic rings. The molecule has 170 valence electrons. The minimum atomic E-state index is -3.80. The number of benzene rings is 1. The van der Waals surface area contributed by atoms with Crippen LogP contribution in [0.25, 0.3) is 0 Å². The molecule has 0 bridgehead atoms. The van der Waals surface area contributed by atoms with Gasteiger partial charge in [0.1, 0.15) is 5.69 Å². The molecular weight excluding hydrogens is 418 g/mol. The van der Waals surface area contributed by atoms with E-state index < -0.39 is 14.9 Å². The Hall–Kier alpha value is -2.72. The number of hydrazone groups is 1. The van der Waals surface area contributed by atoms with E-state index in [2.05, 4.69) is 28.9 Å². The van der Waals surface area contributed by atoms with Crippen LogP contribution in [-0.2, 0) is 16.6 Å². The molecule has 10 heteroatoms. The Morgan fingerprint density at radius 3 is 2.42 bits per heavy atom. The van der Waals surface area contributed by atoms with Crippen molar-refractivity contribution in [1.82, 2.24) is 8.87 Å². The fourth-order valence-corrected chi connectivity index (χ4v) is 4.88. The summed E-state index contributed by atoms with van der Waals surface area (Å²) in [6.07, 6.45) is 1.61. The molecule has 1 heterocycles. The highest BCUT2D eigenvalue weighted by Crippen LogP contribution is 2.29. The summed E-state index contributed by atoms with van der Waals surface area (Å²) in [5.41, 5.74) is 5.54. The first-order chi connectivity index (χ1) is 14.5. The zero-order valence-electron chi connectivity index (χ0n) is 18.9. The molecule has 0 saturated carbocycles. The van der Waals surface area contributed by atoms with Crippen molar-refractivity contribution >= 4 is 27.6 Å². The monoisotopic (exact) mass is 449 g/mol. The number of nitro groups is 1. The molecule has 0 unspecified atom stereocenters. The van der Waals surface area contributed by atoms with Gasteiger partial charge in [-0.05, 0) is 38.0 Å². The molecular formula is C21H31N5O4S. The number of anilines is 1. The highest BCUT2D eigenvalue weighted by Gasteiger charge is 2.25. The van der Waals surface area contributed by atoms with Gasteiger partial charge in [-0.1, -0.05) is 27.7 Å². The number of aryl methyl sites for hydroxylation is 1. The summed E-state index contributed by atoms with van der Waals surface area (Å²) in [6, 6.07) is 5.80. The molecule has 9 nitrogen and oxygen atoms in total. The van der Waals surface area contributed by atoms with E-state index in [0.29, 0.717) is 5.92 Å². The van der Waals surface area contributed by atoms with Crippen molar-refractivity contribution in [3.05, 3.63) is 51.3 Å². The zero-order chi connectivity index (χ0) is 23.3. The van der Waals surface area contributed by atoms with Crippen LogP contribution in [0.15, 0.2) is 34.3 Å². The van der Waals surface area contributed by atoms with E-state index in [1.54, 1.807) is 20.1 Å². The van der Waals surface area contributed by atoms with E-state index in [1.807, 2.05) is 19.9 Å². The Morgan fingerprint density at radius 2 is 1.87 bits per heavy atom. The van der Waals surface area contributed by atoms with E-state index >= 15 is 0 Å². The summed E-state index contributed by atoms with van der Waals surface area (Å²) in [5, 5.41) is 15.7. The summed E-state index contributed by atoms with van der Waals surface area (Å²) < 4.78 is 28.8. The second-order valence-electron chi connectivity index (χ2n) is 7.73. The van der Waals surface area contributed by atoms with Crippen LogP contribution in [0.1, 0.15) is 44.6 Å². The van der Waals surface area contributed by atoms with Crippen LogP contribution in [-0.4, -0.2) is 41.5 Å². The van der Waals surface area contributed by atoms with Crippen molar-refractivity contribution in [3.63, 3.8) is 0 Å². The van der Waals surface area contributed by atoms with E-state index in [4.69, 9.17) is 0 Å². The third kappa shape index (κ3) is 5.50. The Balaban J connectivity index is 2.31. The Labute approximate surface area is 184 Å². The quantitative estimate of drug-likeness (QED) is 0.333. The van der Waals surface area contributed by atoms with Crippen molar-refractivity contribution < 1.29 is 13.3 Å². The Morgan fingerprint density at radius 1 is 1.23 bits per heavy atom. The van der Waals surface area contributed by atoms with E-state index in [9.17, 15) is 18.5 Å². The molecule has 0 atom stereocenters. The Bertz CT molecular complexity index is 1070. The van der Waals surface area contributed by atoms with Gasteiger partial charge in [0, 0.05) is 42.7 Å². The maximum atomic E-state index is 12.7. The summed E-state index contributed by atoms with van der Waals surface area (Å²) in [6.45, 7) is 13.2. The molecule has 0 aliphatic carbocycles. The number of sulfonamides is 1. The summed E-state index contributed by atoms with van der Waals surface area (Å²) in [7, 11) is -3.80. The average Bonchev–Trinajstić information content (AvgIpc) is 2.95. The molecule has 0 aliphatic heterocycles. The molecule has 2 aromatic rings. The largest absolute Gasteiger partial charge is 0.348 e. The maximum absolute atomic E-state index is 12.7. The van der Waals surface area contributed by atoms with Crippen LogP contribution in [0.2, 0.25) is 0 Å². The van der Waals surface area contributed by atoms with Gasteiger partial charge in [0.05, 0.1) is 16.0 Å². The molecule has 1 aromatic carbocycles. The second kappa shape index (κ2) is 10.1. The standard InChI is InChI=1S/C21H31N5O4S/c1-7-24(8-2)31(29,30)19-9-10-20(21(12-19)26(27)28)23-22-13-18-11-16(5)25(17(18)6)14-15(3)4/h9-13,15,23H,7-8,14H2,1-6H3. The predicted octanol–water partition coefficient (Wildman–Crippen LogP) is 4.15. The van der Waals surface area contributed by atoms with Gasteiger partial charge in [-0.3, -0.25) is 15.5 Å². The van der Waals surface area contributed by atoms with Gasteiger partial charge in [0.2, 0.25) is 10.0 Å². The highest BCUT2D eigenvalue weighted by molar-refractivity contribution is 7.89. The van der Waals surface area contributed by atoms with Crippen molar-refractivity contribution in [2.24, 2.45) is 11.0 Å². The van der Waals surface area contributed by atoms with E-state index in [-0.39, 0.29) is 29.4 Å². The number of aromatic nitrogens is 1. The zero-order valence-corrected chi connectivity index (χ0v) is 19.7. The third-order valence-corrected chi connectivity index (χ3v) is 7.10.